The maximum atomic E-state index is 13.9. The molecule has 59 heavy (non-hydrogen) atoms. The zero-order chi connectivity index (χ0) is 41.6. The molecule has 8 rings (SSSR count). The summed E-state index contributed by atoms with van der Waals surface area (Å²) in [6.45, 7) is 13.0. The first-order chi connectivity index (χ1) is 28.3. The van der Waals surface area contributed by atoms with Crippen molar-refractivity contribution in [1.29, 1.82) is 0 Å². The van der Waals surface area contributed by atoms with Crippen LogP contribution in [0.2, 0.25) is 0 Å². The van der Waals surface area contributed by atoms with Gasteiger partial charge in [-0.05, 0) is 87.1 Å². The average Bonchev–Trinajstić information content (AvgIpc) is 3.93. The van der Waals surface area contributed by atoms with Gasteiger partial charge < -0.3 is 29.8 Å². The van der Waals surface area contributed by atoms with Gasteiger partial charge in [-0.15, -0.1) is 0 Å². The van der Waals surface area contributed by atoms with Crippen LogP contribution < -0.4 is 20.8 Å². The topological polar surface area (TPSA) is 148 Å². The molecule has 3 aliphatic rings. The molecule has 2 aliphatic heterocycles. The molecule has 2 fully saturated rings. The number of imidazole rings is 1. The third-order valence-corrected chi connectivity index (χ3v) is 13.5. The second kappa shape index (κ2) is 16.4. The number of benzene rings is 2. The summed E-state index contributed by atoms with van der Waals surface area (Å²) < 4.78 is 3.18. The highest BCUT2D eigenvalue weighted by Gasteiger charge is 2.32. The lowest BCUT2D eigenvalue weighted by atomic mass is 9.76. The number of piperidine rings is 1. The number of carbonyl (C=O) groups is 3. The SMILES string of the molecule is CNC(=O)CCC(C=O)n1c(=O)n(C)c2c(N3CCC(CN4CCN(C(C)C(=O)N(C)c5ccc6cc(-c7n[nH]c8c7CCC(C)(C)C8)[nH]c6c5)CC4)CC3)cccc21. The molecule has 2 aromatic carbocycles. The minimum Gasteiger partial charge on any atom is -0.370 e. The van der Waals surface area contributed by atoms with Crippen molar-refractivity contribution in [2.45, 2.75) is 77.8 Å². The number of aromatic nitrogens is 5. The van der Waals surface area contributed by atoms with E-state index in [1.165, 1.54) is 11.3 Å². The molecule has 5 aromatic rings. The number of aldehydes is 1. The first kappa shape index (κ1) is 40.6. The fraction of sp³-hybridized carbons (Fsp3) is 0.533. The number of nitrogens with zero attached hydrogens (tertiary/aromatic N) is 7. The highest BCUT2D eigenvalue weighted by Crippen LogP contribution is 2.39. The number of hydrogen-bond acceptors (Lipinski definition) is 8. The monoisotopic (exact) mass is 804 g/mol. The van der Waals surface area contributed by atoms with Gasteiger partial charge in [-0.1, -0.05) is 26.0 Å². The molecular formula is C45H60N10O4. The first-order valence-electron chi connectivity index (χ1n) is 21.4. The summed E-state index contributed by atoms with van der Waals surface area (Å²) in [5, 5.41) is 11.7. The zero-order valence-electron chi connectivity index (χ0n) is 35.5. The Labute approximate surface area is 345 Å². The fourth-order valence-corrected chi connectivity index (χ4v) is 9.80. The van der Waals surface area contributed by atoms with Gasteiger partial charge in [-0.25, -0.2) is 4.79 Å². The molecule has 314 valence electrons. The van der Waals surface area contributed by atoms with Crippen LogP contribution in [0.1, 0.15) is 70.2 Å². The third kappa shape index (κ3) is 7.96. The maximum Gasteiger partial charge on any atom is 0.329 e. The summed E-state index contributed by atoms with van der Waals surface area (Å²) in [5.74, 6) is 0.497. The van der Waals surface area contributed by atoms with Gasteiger partial charge in [0.1, 0.15) is 12.0 Å². The smallest absolute Gasteiger partial charge is 0.329 e. The Morgan fingerprint density at radius 1 is 1.07 bits per heavy atom. The van der Waals surface area contributed by atoms with Crippen molar-refractivity contribution < 1.29 is 14.4 Å². The molecule has 14 nitrogen and oxygen atoms in total. The zero-order valence-corrected chi connectivity index (χ0v) is 35.5. The van der Waals surface area contributed by atoms with Gasteiger partial charge in [0.25, 0.3) is 0 Å². The number of fused-ring (bicyclic) bond motifs is 3. The summed E-state index contributed by atoms with van der Waals surface area (Å²) in [5.41, 5.74) is 9.02. The van der Waals surface area contributed by atoms with E-state index in [0.717, 1.165) is 123 Å². The van der Waals surface area contributed by atoms with Crippen molar-refractivity contribution >= 4 is 51.4 Å². The summed E-state index contributed by atoms with van der Waals surface area (Å²) in [7, 11) is 5.21. The van der Waals surface area contributed by atoms with Gasteiger partial charge in [0.15, 0.2) is 0 Å². The predicted molar refractivity (Wildman–Crippen MR) is 233 cm³/mol. The molecule has 2 unspecified atom stereocenters. The standard InChI is InChI=1S/C45H60N10O4/c1-29(43(58)50(5)32-11-10-31-24-36(47-35(31)25-32)41-34-14-17-45(2,3)26-37(34)48-49-41)53-22-20-52(21-23-53)27-30-15-18-54(19-16-30)38-8-7-9-39-42(38)51(6)44(59)55(39)33(28-56)12-13-40(57)46-4/h7-11,24-25,28-30,33,47H,12-23,26-27H2,1-6H3,(H,46,57)(H,48,49). The molecule has 5 heterocycles. The molecular weight excluding hydrogens is 745 g/mol. The van der Waals surface area contributed by atoms with Crippen LogP contribution in [-0.2, 0) is 34.3 Å². The van der Waals surface area contributed by atoms with Crippen molar-refractivity contribution in [3.05, 3.63) is 64.2 Å². The lowest BCUT2D eigenvalue weighted by Crippen LogP contribution is -2.55. The van der Waals surface area contributed by atoms with Crippen molar-refractivity contribution in [2.24, 2.45) is 18.4 Å². The van der Waals surface area contributed by atoms with Crippen LogP contribution in [0.5, 0.6) is 0 Å². The van der Waals surface area contributed by atoms with Gasteiger partial charge in [-0.2, -0.15) is 5.10 Å². The van der Waals surface area contributed by atoms with E-state index in [9.17, 15) is 19.2 Å². The van der Waals surface area contributed by atoms with Crippen molar-refractivity contribution in [1.82, 2.24) is 39.4 Å². The Hall–Kier alpha value is -5.21. The van der Waals surface area contributed by atoms with Gasteiger partial charge in [0.05, 0.1) is 34.5 Å². The average molecular weight is 805 g/mol. The number of amides is 2. The van der Waals surface area contributed by atoms with Crippen molar-refractivity contribution in [2.75, 3.05) is 69.7 Å². The second-order valence-electron chi connectivity index (χ2n) is 17.9. The van der Waals surface area contributed by atoms with E-state index in [-0.39, 0.29) is 41.8 Å². The minimum absolute atomic E-state index is 0.0920. The second-order valence-corrected chi connectivity index (χ2v) is 17.9. The number of hydrogen-bond donors (Lipinski definition) is 3. The van der Waals surface area contributed by atoms with E-state index in [0.29, 0.717) is 11.4 Å². The number of carbonyl (C=O) groups excluding carboxylic acids is 3. The number of para-hydroxylation sites is 1. The molecule has 1 aliphatic carbocycles. The molecule has 0 bridgehead atoms. The van der Waals surface area contributed by atoms with E-state index in [1.54, 1.807) is 28.1 Å². The van der Waals surface area contributed by atoms with Crippen LogP contribution in [0.25, 0.3) is 33.3 Å². The normalized spacial score (nSPS) is 18.8. The molecule has 2 atom stereocenters. The molecule has 2 saturated heterocycles. The molecule has 0 radical (unpaired) electrons. The Kier molecular flexibility index (Phi) is 11.3. The predicted octanol–water partition coefficient (Wildman–Crippen LogP) is 4.88. The van der Waals surface area contributed by atoms with Crippen LogP contribution in [0, 0.1) is 11.3 Å². The van der Waals surface area contributed by atoms with Crippen molar-refractivity contribution in [3.63, 3.8) is 0 Å². The molecule has 0 spiro atoms. The number of likely N-dealkylation sites (N-methyl/N-ethyl adjacent to an activating group) is 1. The molecule has 2 amide bonds. The molecule has 3 aromatic heterocycles. The van der Waals surface area contributed by atoms with Gasteiger partial charge >= 0.3 is 5.69 Å². The summed E-state index contributed by atoms with van der Waals surface area (Å²) in [4.78, 5) is 64.0. The highest BCUT2D eigenvalue weighted by atomic mass is 16.2. The first-order valence-corrected chi connectivity index (χ1v) is 21.4. The van der Waals surface area contributed by atoms with E-state index in [1.807, 2.05) is 32.2 Å². The lowest BCUT2D eigenvalue weighted by molar-refractivity contribution is -0.124. The van der Waals surface area contributed by atoms with E-state index in [2.05, 4.69) is 68.2 Å². The Bertz CT molecular complexity index is 2410. The number of rotatable bonds is 12. The van der Waals surface area contributed by atoms with Gasteiger partial charge in [0, 0.05) is 101 Å². The van der Waals surface area contributed by atoms with E-state index >= 15 is 0 Å². The lowest BCUT2D eigenvalue weighted by Gasteiger charge is -2.41. The van der Waals surface area contributed by atoms with Crippen LogP contribution in [-0.4, -0.2) is 118 Å². The van der Waals surface area contributed by atoms with E-state index in [4.69, 9.17) is 5.10 Å². The number of piperazine rings is 1. The Balaban J connectivity index is 0.841. The number of aryl methyl sites for hydroxylation is 1. The fourth-order valence-electron chi connectivity index (χ4n) is 9.80. The van der Waals surface area contributed by atoms with E-state index < -0.39 is 6.04 Å². The van der Waals surface area contributed by atoms with Gasteiger partial charge in [0.2, 0.25) is 11.8 Å². The number of H-pyrrole nitrogens is 2. The Morgan fingerprint density at radius 2 is 1.83 bits per heavy atom. The molecule has 0 saturated carbocycles. The molecule has 14 heteroatoms. The summed E-state index contributed by atoms with van der Waals surface area (Å²) in [6, 6.07) is 13.3. The van der Waals surface area contributed by atoms with Crippen LogP contribution in [0.4, 0.5) is 11.4 Å². The van der Waals surface area contributed by atoms with Crippen LogP contribution >= 0.6 is 0 Å². The van der Waals surface area contributed by atoms with Crippen LogP contribution in [0.3, 0.4) is 0 Å². The number of anilines is 2. The minimum atomic E-state index is -0.715. The summed E-state index contributed by atoms with van der Waals surface area (Å²) >= 11 is 0. The van der Waals surface area contributed by atoms with Gasteiger partial charge in [-0.3, -0.25) is 28.7 Å². The quantitative estimate of drug-likeness (QED) is 0.151. The van der Waals surface area contributed by atoms with Crippen molar-refractivity contribution in [3.8, 4) is 11.4 Å². The number of aromatic amines is 2. The Morgan fingerprint density at radius 3 is 2.56 bits per heavy atom. The van der Waals surface area contributed by atoms with Crippen LogP contribution in [0.15, 0.2) is 47.3 Å². The number of nitrogens with one attached hydrogen (secondary N) is 3. The maximum absolute atomic E-state index is 13.9. The largest absolute Gasteiger partial charge is 0.370 e. The highest BCUT2D eigenvalue weighted by molar-refractivity contribution is 5.99. The summed E-state index contributed by atoms with van der Waals surface area (Å²) in [6.07, 6.45) is 6.47. The molecule has 3 N–H and O–H groups in total. The third-order valence-electron chi connectivity index (χ3n) is 13.5.